The van der Waals surface area contributed by atoms with Crippen LogP contribution in [0.2, 0.25) is 0 Å². The molecule has 0 aromatic rings. The molecule has 4 nitrogen and oxygen atoms in total. The van der Waals surface area contributed by atoms with Crippen molar-refractivity contribution in [1.82, 2.24) is 15.1 Å². The molecule has 1 N–H and O–H groups in total. The molecule has 0 atom stereocenters. The van der Waals surface area contributed by atoms with Crippen molar-refractivity contribution in [3.05, 3.63) is 0 Å². The van der Waals surface area contributed by atoms with Crippen molar-refractivity contribution in [2.24, 2.45) is 0 Å². The maximum absolute atomic E-state index is 12.1. The molecule has 19 heavy (non-hydrogen) atoms. The van der Waals surface area contributed by atoms with Crippen LogP contribution in [0.3, 0.4) is 0 Å². The first-order valence-electron chi connectivity index (χ1n) is 7.45. The number of nitrogens with one attached hydrogen (secondary N) is 1. The van der Waals surface area contributed by atoms with Crippen LogP contribution in [0.15, 0.2) is 0 Å². The van der Waals surface area contributed by atoms with Crippen molar-refractivity contribution in [3.63, 3.8) is 0 Å². The molecule has 1 aliphatic rings. The summed E-state index contributed by atoms with van der Waals surface area (Å²) in [5, 5.41) is 3.34. The molecular weight excluding hydrogens is 258 g/mol. The van der Waals surface area contributed by atoms with Crippen molar-refractivity contribution >= 4 is 17.7 Å². The highest BCUT2D eigenvalue weighted by atomic mass is 32.2. The lowest BCUT2D eigenvalue weighted by molar-refractivity contribution is -0.129. The van der Waals surface area contributed by atoms with Crippen LogP contribution in [0.25, 0.3) is 0 Å². The molecule has 1 aliphatic heterocycles. The molecule has 1 amide bonds. The van der Waals surface area contributed by atoms with Crippen LogP contribution in [0, 0.1) is 0 Å². The molecule has 0 bridgehead atoms. The minimum absolute atomic E-state index is 0.288. The van der Waals surface area contributed by atoms with E-state index in [4.69, 9.17) is 0 Å². The predicted molar refractivity (Wildman–Crippen MR) is 83.8 cm³/mol. The number of carbonyl (C=O) groups excluding carboxylic acids is 1. The topological polar surface area (TPSA) is 35.6 Å². The van der Waals surface area contributed by atoms with E-state index in [1.165, 1.54) is 0 Å². The highest BCUT2D eigenvalue weighted by Crippen LogP contribution is 2.12. The van der Waals surface area contributed by atoms with E-state index in [0.717, 1.165) is 51.3 Å². The minimum atomic E-state index is 0.288. The number of piperidine rings is 1. The maximum atomic E-state index is 12.1. The first kappa shape index (κ1) is 16.8. The molecule has 0 aromatic heterocycles. The molecule has 1 heterocycles. The third-order valence-corrected chi connectivity index (χ3v) is 4.84. The summed E-state index contributed by atoms with van der Waals surface area (Å²) >= 11 is 1.76. The summed E-state index contributed by atoms with van der Waals surface area (Å²) in [6, 6.07) is 0.442. The second kappa shape index (κ2) is 9.61. The van der Waals surface area contributed by atoms with E-state index in [-0.39, 0.29) is 5.91 Å². The second-order valence-electron chi connectivity index (χ2n) is 5.07. The van der Waals surface area contributed by atoms with Gasteiger partial charge in [-0.05, 0) is 39.0 Å². The van der Waals surface area contributed by atoms with Gasteiger partial charge in [0.1, 0.15) is 0 Å². The third kappa shape index (κ3) is 6.15. The number of carbonyl (C=O) groups is 1. The molecule has 0 aliphatic carbocycles. The van der Waals surface area contributed by atoms with E-state index in [1.54, 1.807) is 11.8 Å². The zero-order valence-electron chi connectivity index (χ0n) is 12.7. The van der Waals surface area contributed by atoms with Gasteiger partial charge in [0.15, 0.2) is 0 Å². The van der Waals surface area contributed by atoms with Crippen LogP contribution < -0.4 is 5.32 Å². The van der Waals surface area contributed by atoms with Gasteiger partial charge in [-0.3, -0.25) is 4.79 Å². The van der Waals surface area contributed by atoms with Gasteiger partial charge in [-0.1, -0.05) is 13.8 Å². The van der Waals surface area contributed by atoms with Gasteiger partial charge in [0.05, 0.1) is 5.75 Å². The average molecular weight is 287 g/mol. The molecule has 1 rings (SSSR count). The molecular formula is C14H29N3OS. The van der Waals surface area contributed by atoms with Crippen molar-refractivity contribution in [2.45, 2.75) is 32.7 Å². The average Bonchev–Trinajstić information content (AvgIpc) is 2.47. The fourth-order valence-electron chi connectivity index (χ4n) is 2.39. The SMILES string of the molecule is CCN(CC)CCSCC(=O)N(C)C1CCNCC1. The molecule has 1 saturated heterocycles. The van der Waals surface area contributed by atoms with Gasteiger partial charge in [-0.15, -0.1) is 0 Å². The first-order chi connectivity index (χ1) is 9.19. The molecule has 112 valence electrons. The van der Waals surface area contributed by atoms with E-state index < -0.39 is 0 Å². The number of rotatable bonds is 8. The van der Waals surface area contributed by atoms with Gasteiger partial charge in [-0.2, -0.15) is 11.8 Å². The lowest BCUT2D eigenvalue weighted by Crippen LogP contribution is -2.44. The van der Waals surface area contributed by atoms with Crippen molar-refractivity contribution < 1.29 is 4.79 Å². The van der Waals surface area contributed by atoms with Gasteiger partial charge in [0.25, 0.3) is 0 Å². The van der Waals surface area contributed by atoms with Crippen LogP contribution in [-0.2, 0) is 4.79 Å². The summed E-state index contributed by atoms with van der Waals surface area (Å²) in [4.78, 5) is 16.5. The first-order valence-corrected chi connectivity index (χ1v) is 8.61. The summed E-state index contributed by atoms with van der Waals surface area (Å²) in [7, 11) is 1.96. The zero-order valence-corrected chi connectivity index (χ0v) is 13.5. The lowest BCUT2D eigenvalue weighted by Gasteiger charge is -2.31. The summed E-state index contributed by atoms with van der Waals surface area (Å²) in [6.07, 6.45) is 2.18. The summed E-state index contributed by atoms with van der Waals surface area (Å²) in [6.45, 7) is 9.73. The Balaban J connectivity index is 2.15. The Hall–Kier alpha value is -0.260. The Bertz CT molecular complexity index is 253. The lowest BCUT2D eigenvalue weighted by atomic mass is 10.1. The number of amides is 1. The third-order valence-electron chi connectivity index (χ3n) is 3.92. The van der Waals surface area contributed by atoms with Gasteiger partial charge < -0.3 is 15.1 Å². The molecule has 0 saturated carbocycles. The van der Waals surface area contributed by atoms with Crippen molar-refractivity contribution in [2.75, 3.05) is 51.3 Å². The van der Waals surface area contributed by atoms with E-state index in [2.05, 4.69) is 24.1 Å². The largest absolute Gasteiger partial charge is 0.342 e. The van der Waals surface area contributed by atoms with Crippen LogP contribution in [0.4, 0.5) is 0 Å². The summed E-state index contributed by atoms with van der Waals surface area (Å²) in [5.41, 5.74) is 0. The minimum Gasteiger partial charge on any atom is -0.342 e. The molecule has 0 spiro atoms. The Kier molecular flexibility index (Phi) is 8.50. The normalized spacial score (nSPS) is 16.8. The number of nitrogens with zero attached hydrogens (tertiary/aromatic N) is 2. The number of hydrogen-bond donors (Lipinski definition) is 1. The fourth-order valence-corrected chi connectivity index (χ4v) is 3.30. The summed E-state index contributed by atoms with van der Waals surface area (Å²) < 4.78 is 0. The van der Waals surface area contributed by atoms with Crippen molar-refractivity contribution in [1.29, 1.82) is 0 Å². The quantitative estimate of drug-likeness (QED) is 0.682. The van der Waals surface area contributed by atoms with Gasteiger partial charge in [0, 0.05) is 25.4 Å². The van der Waals surface area contributed by atoms with E-state index in [1.807, 2.05) is 11.9 Å². The number of hydrogen-bond acceptors (Lipinski definition) is 4. The maximum Gasteiger partial charge on any atom is 0.232 e. The van der Waals surface area contributed by atoms with Gasteiger partial charge in [0.2, 0.25) is 5.91 Å². The highest BCUT2D eigenvalue weighted by molar-refractivity contribution is 7.99. The van der Waals surface area contributed by atoms with Crippen molar-refractivity contribution in [3.8, 4) is 0 Å². The molecule has 1 fully saturated rings. The smallest absolute Gasteiger partial charge is 0.232 e. The van der Waals surface area contributed by atoms with Gasteiger partial charge >= 0.3 is 0 Å². The Morgan fingerprint density at radius 2 is 1.89 bits per heavy atom. The Morgan fingerprint density at radius 3 is 2.47 bits per heavy atom. The zero-order chi connectivity index (χ0) is 14.1. The molecule has 0 radical (unpaired) electrons. The Morgan fingerprint density at radius 1 is 1.26 bits per heavy atom. The number of thioether (sulfide) groups is 1. The van der Waals surface area contributed by atoms with Crippen LogP contribution >= 0.6 is 11.8 Å². The Labute approximate surface area is 122 Å². The fraction of sp³-hybridized carbons (Fsp3) is 0.929. The monoisotopic (exact) mass is 287 g/mol. The van der Waals surface area contributed by atoms with E-state index in [0.29, 0.717) is 11.8 Å². The molecule has 0 aromatic carbocycles. The highest BCUT2D eigenvalue weighted by Gasteiger charge is 2.21. The van der Waals surface area contributed by atoms with E-state index >= 15 is 0 Å². The van der Waals surface area contributed by atoms with Crippen LogP contribution in [-0.4, -0.2) is 73.0 Å². The molecule has 5 heteroatoms. The van der Waals surface area contributed by atoms with Gasteiger partial charge in [-0.25, -0.2) is 0 Å². The second-order valence-corrected chi connectivity index (χ2v) is 6.17. The predicted octanol–water partition coefficient (Wildman–Crippen LogP) is 1.27. The van der Waals surface area contributed by atoms with Crippen LogP contribution in [0.5, 0.6) is 0 Å². The van der Waals surface area contributed by atoms with E-state index in [9.17, 15) is 4.79 Å². The van der Waals surface area contributed by atoms with Crippen LogP contribution in [0.1, 0.15) is 26.7 Å². The standard InChI is InChI=1S/C14H29N3OS/c1-4-17(5-2)10-11-19-12-14(18)16(3)13-6-8-15-9-7-13/h13,15H,4-12H2,1-3H3. The summed E-state index contributed by atoms with van der Waals surface area (Å²) in [5.74, 6) is 1.96. The molecule has 0 unspecified atom stereocenters.